The van der Waals surface area contributed by atoms with Crippen LogP contribution in [0.15, 0.2) is 29.6 Å². The number of ether oxygens (including phenoxy) is 2. The number of nitrogens with one attached hydrogen (secondary N) is 1. The van der Waals surface area contributed by atoms with E-state index in [4.69, 9.17) is 15.3 Å². The quantitative estimate of drug-likeness (QED) is 0.460. The Morgan fingerprint density at radius 2 is 2.14 bits per heavy atom. The summed E-state index contributed by atoms with van der Waals surface area (Å²) in [4.78, 5) is 15.4. The van der Waals surface area contributed by atoms with Gasteiger partial charge in [0.1, 0.15) is 12.4 Å². The molecule has 0 saturated carbocycles. The topological polar surface area (TPSA) is 86.5 Å². The van der Waals surface area contributed by atoms with Crippen molar-refractivity contribution in [2.45, 2.75) is 13.0 Å². The van der Waals surface area contributed by atoms with Gasteiger partial charge in [0.05, 0.1) is 12.3 Å². The lowest BCUT2D eigenvalue weighted by molar-refractivity contribution is 0.0953. The molecule has 0 aliphatic heterocycles. The number of benzene rings is 1. The maximum absolute atomic E-state index is 11.3. The molecule has 0 bridgehead atoms. The third-order valence-electron chi connectivity index (χ3n) is 2.78. The first kappa shape index (κ1) is 15.4. The molecule has 1 aromatic carbocycles. The van der Waals surface area contributed by atoms with E-state index in [0.29, 0.717) is 23.9 Å². The van der Waals surface area contributed by atoms with E-state index in [9.17, 15) is 4.79 Å². The van der Waals surface area contributed by atoms with Crippen molar-refractivity contribution >= 4 is 17.2 Å². The summed E-state index contributed by atoms with van der Waals surface area (Å²) in [6.45, 7) is 1.01. The van der Waals surface area contributed by atoms with Crippen LogP contribution in [0.3, 0.4) is 0 Å². The molecule has 2 aromatic rings. The number of nitrogen functional groups attached to an aromatic ring is 1. The Morgan fingerprint density at radius 3 is 2.81 bits per heavy atom. The third kappa shape index (κ3) is 4.52. The van der Waals surface area contributed by atoms with E-state index < -0.39 is 5.91 Å². The van der Waals surface area contributed by atoms with Gasteiger partial charge < -0.3 is 9.47 Å². The minimum absolute atomic E-state index is 0.311. The van der Waals surface area contributed by atoms with Gasteiger partial charge in [0.25, 0.3) is 5.91 Å². The van der Waals surface area contributed by atoms with Gasteiger partial charge in [-0.15, -0.1) is 11.3 Å². The second-order valence-corrected chi connectivity index (χ2v) is 5.15. The number of hydrogen-bond acceptors (Lipinski definition) is 6. The summed E-state index contributed by atoms with van der Waals surface area (Å²) in [5.74, 6) is 5.42. The van der Waals surface area contributed by atoms with Crippen molar-refractivity contribution in [3.05, 3.63) is 45.9 Å². The van der Waals surface area contributed by atoms with Crippen LogP contribution in [0.4, 0.5) is 0 Å². The summed E-state index contributed by atoms with van der Waals surface area (Å²) in [6, 6.07) is 7.82. The van der Waals surface area contributed by atoms with Crippen molar-refractivity contribution in [1.29, 1.82) is 0 Å². The highest BCUT2D eigenvalue weighted by Crippen LogP contribution is 2.16. The van der Waals surface area contributed by atoms with Crippen molar-refractivity contribution in [3.63, 3.8) is 0 Å². The normalized spacial score (nSPS) is 10.4. The van der Waals surface area contributed by atoms with E-state index in [-0.39, 0.29) is 0 Å². The van der Waals surface area contributed by atoms with Gasteiger partial charge in [0.15, 0.2) is 5.01 Å². The molecule has 1 heterocycles. The molecule has 1 aromatic heterocycles. The van der Waals surface area contributed by atoms with Crippen LogP contribution in [0.1, 0.15) is 21.1 Å². The molecular formula is C14H17N3O3S. The Morgan fingerprint density at radius 1 is 1.38 bits per heavy atom. The largest absolute Gasteiger partial charge is 0.487 e. The molecule has 7 heteroatoms. The summed E-state index contributed by atoms with van der Waals surface area (Å²) in [7, 11) is 1.69. The fourth-order valence-corrected chi connectivity index (χ4v) is 2.37. The zero-order valence-corrected chi connectivity index (χ0v) is 12.5. The molecular weight excluding hydrogens is 290 g/mol. The van der Waals surface area contributed by atoms with Crippen LogP contribution in [0.5, 0.6) is 5.75 Å². The van der Waals surface area contributed by atoms with Gasteiger partial charge in [-0.1, -0.05) is 12.1 Å². The molecule has 0 aliphatic rings. The van der Waals surface area contributed by atoms with E-state index in [1.54, 1.807) is 12.5 Å². The SMILES string of the molecule is COCCc1ccc(OCc2csc(C(=O)NN)n2)cc1. The number of hydrogen-bond donors (Lipinski definition) is 2. The molecule has 2 rings (SSSR count). The minimum Gasteiger partial charge on any atom is -0.487 e. The number of hydrazine groups is 1. The standard InChI is InChI=1S/C14H17N3O3S/c1-19-7-6-10-2-4-12(5-3-10)20-8-11-9-21-14(16-11)13(18)17-15/h2-5,9H,6-8,15H2,1H3,(H,17,18). The Kier molecular flexibility index (Phi) is 5.68. The Balaban J connectivity index is 1.87. The average Bonchev–Trinajstić information content (AvgIpc) is 3.00. The van der Waals surface area contributed by atoms with Crippen molar-refractivity contribution < 1.29 is 14.3 Å². The Hall–Kier alpha value is -1.96. The van der Waals surface area contributed by atoms with Crippen LogP contribution in [0, 0.1) is 0 Å². The average molecular weight is 307 g/mol. The van der Waals surface area contributed by atoms with Crippen LogP contribution in [0.2, 0.25) is 0 Å². The highest BCUT2D eigenvalue weighted by Gasteiger charge is 2.09. The molecule has 0 unspecified atom stereocenters. The molecule has 0 radical (unpaired) electrons. The third-order valence-corrected chi connectivity index (χ3v) is 3.67. The fraction of sp³-hybridized carbons (Fsp3) is 0.286. The summed E-state index contributed by atoms with van der Waals surface area (Å²) in [6.07, 6.45) is 0.875. The highest BCUT2D eigenvalue weighted by molar-refractivity contribution is 7.11. The number of amides is 1. The van der Waals surface area contributed by atoms with Crippen LogP contribution in [-0.4, -0.2) is 24.6 Å². The number of methoxy groups -OCH3 is 1. The van der Waals surface area contributed by atoms with Gasteiger partial charge in [-0.3, -0.25) is 10.2 Å². The van der Waals surface area contributed by atoms with Crippen LogP contribution in [-0.2, 0) is 17.8 Å². The number of carbonyl (C=O) groups excluding carboxylic acids is 1. The lowest BCUT2D eigenvalue weighted by Gasteiger charge is -2.05. The van der Waals surface area contributed by atoms with Gasteiger partial charge in [-0.05, 0) is 24.1 Å². The number of rotatable bonds is 7. The van der Waals surface area contributed by atoms with E-state index in [1.165, 1.54) is 16.9 Å². The summed E-state index contributed by atoms with van der Waals surface area (Å²) in [5.41, 5.74) is 3.94. The Bertz CT molecular complexity index is 583. The smallest absolute Gasteiger partial charge is 0.294 e. The van der Waals surface area contributed by atoms with Crippen molar-refractivity contribution in [2.24, 2.45) is 5.84 Å². The lowest BCUT2D eigenvalue weighted by Crippen LogP contribution is -2.29. The molecule has 1 amide bonds. The maximum atomic E-state index is 11.3. The fourth-order valence-electron chi connectivity index (χ4n) is 1.67. The minimum atomic E-state index is -0.395. The first-order chi connectivity index (χ1) is 10.2. The molecule has 0 fully saturated rings. The van der Waals surface area contributed by atoms with Crippen LogP contribution in [0.25, 0.3) is 0 Å². The van der Waals surface area contributed by atoms with Crippen molar-refractivity contribution in [1.82, 2.24) is 10.4 Å². The summed E-state index contributed by atoms with van der Waals surface area (Å²) < 4.78 is 10.7. The summed E-state index contributed by atoms with van der Waals surface area (Å²) in [5, 5.41) is 2.10. The number of aromatic nitrogens is 1. The van der Waals surface area contributed by atoms with Gasteiger partial charge in [-0.25, -0.2) is 10.8 Å². The maximum Gasteiger partial charge on any atom is 0.294 e. The first-order valence-electron chi connectivity index (χ1n) is 6.39. The molecule has 3 N–H and O–H groups in total. The Labute approximate surface area is 126 Å². The molecule has 6 nitrogen and oxygen atoms in total. The first-order valence-corrected chi connectivity index (χ1v) is 7.27. The predicted molar refractivity (Wildman–Crippen MR) is 80.1 cm³/mol. The predicted octanol–water partition coefficient (Wildman–Crippen LogP) is 1.51. The number of thiazole rings is 1. The lowest BCUT2D eigenvalue weighted by atomic mass is 10.1. The van der Waals surface area contributed by atoms with E-state index in [2.05, 4.69) is 4.98 Å². The van der Waals surface area contributed by atoms with Gasteiger partial charge in [0, 0.05) is 12.5 Å². The van der Waals surface area contributed by atoms with Crippen molar-refractivity contribution in [3.8, 4) is 5.75 Å². The number of nitrogens with zero attached hydrogens (tertiary/aromatic N) is 1. The van der Waals surface area contributed by atoms with Gasteiger partial charge >= 0.3 is 0 Å². The van der Waals surface area contributed by atoms with Gasteiger partial charge in [-0.2, -0.15) is 0 Å². The summed E-state index contributed by atoms with van der Waals surface area (Å²) >= 11 is 1.23. The van der Waals surface area contributed by atoms with E-state index in [0.717, 1.165) is 12.2 Å². The molecule has 0 saturated heterocycles. The molecule has 21 heavy (non-hydrogen) atoms. The highest BCUT2D eigenvalue weighted by atomic mass is 32.1. The monoisotopic (exact) mass is 307 g/mol. The zero-order chi connectivity index (χ0) is 15.1. The van der Waals surface area contributed by atoms with Gasteiger partial charge in [0.2, 0.25) is 0 Å². The molecule has 0 atom stereocenters. The number of carbonyl (C=O) groups is 1. The molecule has 0 spiro atoms. The second-order valence-electron chi connectivity index (χ2n) is 4.29. The molecule has 0 aliphatic carbocycles. The van der Waals surface area contributed by atoms with Crippen molar-refractivity contribution in [2.75, 3.05) is 13.7 Å². The molecule has 112 valence electrons. The van der Waals surface area contributed by atoms with Crippen LogP contribution < -0.4 is 16.0 Å². The zero-order valence-electron chi connectivity index (χ0n) is 11.7. The van der Waals surface area contributed by atoms with Crippen LogP contribution >= 0.6 is 11.3 Å². The second kappa shape index (κ2) is 7.72. The number of nitrogens with two attached hydrogens (primary N) is 1. The van der Waals surface area contributed by atoms with E-state index in [1.807, 2.05) is 29.7 Å². The van der Waals surface area contributed by atoms with E-state index >= 15 is 0 Å².